The first kappa shape index (κ1) is 12.0. The summed E-state index contributed by atoms with van der Waals surface area (Å²) in [5.74, 6) is -1.70. The van der Waals surface area contributed by atoms with E-state index in [9.17, 15) is 8.78 Å². The van der Waals surface area contributed by atoms with E-state index in [1.807, 2.05) is 35.7 Å². The summed E-state index contributed by atoms with van der Waals surface area (Å²) in [7, 11) is 0. The van der Waals surface area contributed by atoms with Gasteiger partial charge in [0.25, 0.3) is 0 Å². The van der Waals surface area contributed by atoms with Gasteiger partial charge < -0.3 is 0 Å². The molecule has 0 bridgehead atoms. The van der Waals surface area contributed by atoms with Gasteiger partial charge in [0.1, 0.15) is 5.01 Å². The van der Waals surface area contributed by atoms with Gasteiger partial charge in [0, 0.05) is 16.5 Å². The van der Waals surface area contributed by atoms with Crippen molar-refractivity contribution in [3.05, 3.63) is 65.5 Å². The molecule has 0 unspecified atom stereocenters. The van der Waals surface area contributed by atoms with Crippen LogP contribution in [0.2, 0.25) is 0 Å². The van der Waals surface area contributed by atoms with Crippen molar-refractivity contribution in [2.75, 3.05) is 0 Å². The maximum Gasteiger partial charge on any atom is 0.159 e. The molecule has 19 heavy (non-hydrogen) atoms. The maximum absolute atomic E-state index is 13.2. The minimum Gasteiger partial charge on any atom is -0.236 e. The number of nitrogens with zero attached hydrogens (tertiary/aromatic N) is 1. The highest BCUT2D eigenvalue weighted by Gasteiger charge is 2.09. The second kappa shape index (κ2) is 4.90. The summed E-state index contributed by atoms with van der Waals surface area (Å²) in [4.78, 5) is 4.45. The van der Waals surface area contributed by atoms with E-state index in [1.165, 1.54) is 23.5 Å². The molecule has 0 aliphatic heterocycles. The number of aromatic nitrogens is 1. The SMILES string of the molecule is Fc1ccc(-c2csc(-c3ccccc3)n2)cc1F. The van der Waals surface area contributed by atoms with Gasteiger partial charge in [-0.25, -0.2) is 13.8 Å². The van der Waals surface area contributed by atoms with Crippen LogP contribution in [0.25, 0.3) is 21.8 Å². The quantitative estimate of drug-likeness (QED) is 0.656. The van der Waals surface area contributed by atoms with E-state index in [0.29, 0.717) is 11.3 Å². The number of halogens is 2. The molecule has 1 nitrogen and oxygen atoms in total. The van der Waals surface area contributed by atoms with Crippen molar-refractivity contribution in [1.82, 2.24) is 4.98 Å². The van der Waals surface area contributed by atoms with Crippen molar-refractivity contribution in [2.45, 2.75) is 0 Å². The highest BCUT2D eigenvalue weighted by atomic mass is 32.1. The Morgan fingerprint density at radius 2 is 1.63 bits per heavy atom. The molecule has 94 valence electrons. The fourth-order valence-electron chi connectivity index (χ4n) is 1.78. The number of thiazole rings is 1. The lowest BCUT2D eigenvalue weighted by Gasteiger charge is -1.98. The van der Waals surface area contributed by atoms with Crippen LogP contribution in [0, 0.1) is 11.6 Å². The first-order valence-electron chi connectivity index (χ1n) is 5.70. The summed E-state index contributed by atoms with van der Waals surface area (Å²) >= 11 is 1.48. The van der Waals surface area contributed by atoms with Gasteiger partial charge in [-0.05, 0) is 18.2 Å². The molecular formula is C15H9F2NS. The lowest BCUT2D eigenvalue weighted by atomic mass is 10.1. The Bertz CT molecular complexity index is 707. The highest BCUT2D eigenvalue weighted by Crippen LogP contribution is 2.29. The molecule has 0 saturated heterocycles. The number of hydrogen-bond acceptors (Lipinski definition) is 2. The van der Waals surface area contributed by atoms with Crippen molar-refractivity contribution in [3.8, 4) is 21.8 Å². The third kappa shape index (κ3) is 2.39. The second-order valence-electron chi connectivity index (χ2n) is 4.03. The highest BCUT2D eigenvalue weighted by molar-refractivity contribution is 7.13. The minimum atomic E-state index is -0.855. The fourth-order valence-corrected chi connectivity index (χ4v) is 2.61. The Balaban J connectivity index is 1.99. The Hall–Kier alpha value is -2.07. The van der Waals surface area contributed by atoms with Gasteiger partial charge in [0.15, 0.2) is 11.6 Å². The summed E-state index contributed by atoms with van der Waals surface area (Å²) in [6.07, 6.45) is 0. The Labute approximate surface area is 113 Å². The van der Waals surface area contributed by atoms with E-state index >= 15 is 0 Å². The average molecular weight is 273 g/mol. The molecule has 1 heterocycles. The zero-order valence-corrected chi connectivity index (χ0v) is 10.6. The fraction of sp³-hybridized carbons (Fsp3) is 0. The van der Waals surface area contributed by atoms with Gasteiger partial charge >= 0.3 is 0 Å². The molecule has 3 aromatic rings. The van der Waals surface area contributed by atoms with Gasteiger partial charge in [-0.1, -0.05) is 30.3 Å². The smallest absolute Gasteiger partial charge is 0.159 e. The third-order valence-corrected chi connectivity index (χ3v) is 3.63. The van der Waals surface area contributed by atoms with Crippen molar-refractivity contribution < 1.29 is 8.78 Å². The van der Waals surface area contributed by atoms with E-state index in [4.69, 9.17) is 0 Å². The number of rotatable bonds is 2. The Morgan fingerprint density at radius 1 is 0.842 bits per heavy atom. The van der Waals surface area contributed by atoms with Crippen LogP contribution in [0.15, 0.2) is 53.9 Å². The van der Waals surface area contributed by atoms with E-state index in [0.717, 1.165) is 16.6 Å². The monoisotopic (exact) mass is 273 g/mol. The molecule has 4 heteroatoms. The molecule has 0 saturated carbocycles. The van der Waals surface area contributed by atoms with Crippen LogP contribution in [0.1, 0.15) is 0 Å². The lowest BCUT2D eigenvalue weighted by Crippen LogP contribution is -1.85. The van der Waals surface area contributed by atoms with Gasteiger partial charge in [-0.2, -0.15) is 0 Å². The number of hydrogen-bond donors (Lipinski definition) is 0. The number of benzene rings is 2. The molecule has 0 aliphatic rings. The molecule has 0 spiro atoms. The molecule has 1 aromatic heterocycles. The molecule has 0 atom stereocenters. The topological polar surface area (TPSA) is 12.9 Å². The van der Waals surface area contributed by atoms with Crippen LogP contribution >= 0.6 is 11.3 Å². The summed E-state index contributed by atoms with van der Waals surface area (Å²) in [6, 6.07) is 13.6. The molecule has 0 radical (unpaired) electrons. The molecule has 0 fully saturated rings. The Morgan fingerprint density at radius 3 is 2.37 bits per heavy atom. The van der Waals surface area contributed by atoms with E-state index in [2.05, 4.69) is 4.98 Å². The van der Waals surface area contributed by atoms with Gasteiger partial charge in [-0.15, -0.1) is 11.3 Å². The summed E-state index contributed by atoms with van der Waals surface area (Å²) in [6.45, 7) is 0. The largest absolute Gasteiger partial charge is 0.236 e. The van der Waals surface area contributed by atoms with Crippen molar-refractivity contribution in [1.29, 1.82) is 0 Å². The lowest BCUT2D eigenvalue weighted by molar-refractivity contribution is 0.509. The summed E-state index contributed by atoms with van der Waals surface area (Å²) < 4.78 is 26.1. The molecule has 0 N–H and O–H groups in total. The van der Waals surface area contributed by atoms with Crippen molar-refractivity contribution >= 4 is 11.3 Å². The van der Waals surface area contributed by atoms with E-state index in [-0.39, 0.29) is 0 Å². The van der Waals surface area contributed by atoms with Crippen LogP contribution in [-0.4, -0.2) is 4.98 Å². The van der Waals surface area contributed by atoms with Gasteiger partial charge in [0.2, 0.25) is 0 Å². The predicted molar refractivity (Wildman–Crippen MR) is 72.9 cm³/mol. The van der Waals surface area contributed by atoms with E-state index < -0.39 is 11.6 Å². The normalized spacial score (nSPS) is 10.6. The molecular weight excluding hydrogens is 264 g/mol. The van der Waals surface area contributed by atoms with E-state index in [1.54, 1.807) is 0 Å². The maximum atomic E-state index is 13.2. The molecule has 3 rings (SSSR count). The van der Waals surface area contributed by atoms with Crippen molar-refractivity contribution in [3.63, 3.8) is 0 Å². The molecule has 0 amide bonds. The zero-order chi connectivity index (χ0) is 13.2. The van der Waals surface area contributed by atoms with Crippen LogP contribution < -0.4 is 0 Å². The Kier molecular flexibility index (Phi) is 3.09. The minimum absolute atomic E-state index is 0.581. The van der Waals surface area contributed by atoms with Gasteiger partial charge in [0.05, 0.1) is 5.69 Å². The third-order valence-electron chi connectivity index (χ3n) is 2.74. The van der Waals surface area contributed by atoms with Crippen LogP contribution in [0.3, 0.4) is 0 Å². The van der Waals surface area contributed by atoms with Crippen LogP contribution in [-0.2, 0) is 0 Å². The first-order valence-corrected chi connectivity index (χ1v) is 6.58. The average Bonchev–Trinajstić information content (AvgIpc) is 2.93. The summed E-state index contributed by atoms with van der Waals surface area (Å²) in [5.41, 5.74) is 2.25. The van der Waals surface area contributed by atoms with Gasteiger partial charge in [-0.3, -0.25) is 0 Å². The van der Waals surface area contributed by atoms with Crippen LogP contribution in [0.5, 0.6) is 0 Å². The second-order valence-corrected chi connectivity index (χ2v) is 4.89. The van der Waals surface area contributed by atoms with Crippen LogP contribution in [0.4, 0.5) is 8.78 Å². The molecule has 0 aliphatic carbocycles. The first-order chi connectivity index (χ1) is 9.24. The zero-order valence-electron chi connectivity index (χ0n) is 9.81. The molecule has 2 aromatic carbocycles. The summed E-state index contributed by atoms with van der Waals surface area (Å²) in [5, 5.41) is 2.70. The standard InChI is InChI=1S/C15H9F2NS/c16-12-7-6-11(8-13(12)17)14-9-19-15(18-14)10-4-2-1-3-5-10/h1-9H. The van der Waals surface area contributed by atoms with Crippen molar-refractivity contribution in [2.24, 2.45) is 0 Å². The predicted octanol–water partition coefficient (Wildman–Crippen LogP) is 4.76.